The van der Waals surface area contributed by atoms with Crippen molar-refractivity contribution in [1.29, 1.82) is 0 Å². The molecule has 0 spiro atoms. The molecule has 2 aromatic rings. The molecule has 1 aliphatic rings. The van der Waals surface area contributed by atoms with Gasteiger partial charge < -0.3 is 15.1 Å². The van der Waals surface area contributed by atoms with Crippen LogP contribution in [0, 0.1) is 10.1 Å². The molecule has 2 heterocycles. The summed E-state index contributed by atoms with van der Waals surface area (Å²) in [7, 11) is 0. The quantitative estimate of drug-likeness (QED) is 0.386. The highest BCUT2D eigenvalue weighted by Crippen LogP contribution is 2.28. The van der Waals surface area contributed by atoms with Crippen LogP contribution in [0.3, 0.4) is 0 Å². The number of nitro benzene ring substituents is 1. The second kappa shape index (κ2) is 9.85. The topological polar surface area (TPSA) is 122 Å². The van der Waals surface area contributed by atoms with Crippen molar-refractivity contribution < 1.29 is 14.5 Å². The second-order valence-electron chi connectivity index (χ2n) is 6.94. The van der Waals surface area contributed by atoms with Crippen LogP contribution in [0.5, 0.6) is 0 Å². The van der Waals surface area contributed by atoms with Gasteiger partial charge in [0.2, 0.25) is 11.0 Å². The minimum atomic E-state index is -0.488. The highest BCUT2D eigenvalue weighted by Gasteiger charge is 2.24. The molecule has 1 aliphatic heterocycles. The first-order chi connectivity index (χ1) is 14.3. The van der Waals surface area contributed by atoms with Crippen LogP contribution in [0.2, 0.25) is 0 Å². The predicted octanol–water partition coefficient (Wildman–Crippen LogP) is 2.03. The molecule has 0 aliphatic carbocycles. The first-order valence-electron chi connectivity index (χ1n) is 9.38. The molecule has 0 bridgehead atoms. The molecule has 1 aromatic carbocycles. The van der Waals surface area contributed by atoms with E-state index < -0.39 is 4.92 Å². The Morgan fingerprint density at radius 1 is 1.20 bits per heavy atom. The summed E-state index contributed by atoms with van der Waals surface area (Å²) in [5.41, 5.74) is 0.395. The van der Waals surface area contributed by atoms with E-state index in [9.17, 15) is 19.7 Å². The molecule has 3 rings (SSSR count). The number of hydrogen-bond donors (Lipinski definition) is 1. The van der Waals surface area contributed by atoms with Crippen LogP contribution in [-0.4, -0.2) is 69.8 Å². The van der Waals surface area contributed by atoms with Crippen LogP contribution in [0.15, 0.2) is 28.6 Å². The molecule has 0 unspecified atom stereocenters. The van der Waals surface area contributed by atoms with Gasteiger partial charge in [-0.25, -0.2) is 0 Å². The largest absolute Gasteiger partial charge is 0.353 e. The Morgan fingerprint density at radius 3 is 2.47 bits per heavy atom. The lowest BCUT2D eigenvalue weighted by Gasteiger charge is -2.34. The molecule has 0 radical (unpaired) electrons. The number of aromatic nitrogens is 2. The molecule has 0 saturated carbocycles. The van der Waals surface area contributed by atoms with Crippen LogP contribution in [-0.2, 0) is 4.79 Å². The highest BCUT2D eigenvalue weighted by atomic mass is 32.2. The van der Waals surface area contributed by atoms with Crippen molar-refractivity contribution >= 4 is 45.7 Å². The van der Waals surface area contributed by atoms with Gasteiger partial charge in [0.25, 0.3) is 11.6 Å². The molecular weight excluding hydrogens is 428 g/mol. The molecule has 10 nitrogen and oxygen atoms in total. The third-order valence-electron chi connectivity index (χ3n) is 4.33. The van der Waals surface area contributed by atoms with Crippen LogP contribution < -0.4 is 10.2 Å². The SMILES string of the molecule is CC(C)NC(=O)CSc1nnc(N2CCN(C(=O)c3ccc([N+](=O)[O-])cc3)CC2)s1. The lowest BCUT2D eigenvalue weighted by atomic mass is 10.1. The molecular formula is C18H22N6O4S2. The summed E-state index contributed by atoms with van der Waals surface area (Å²) in [6.45, 7) is 6.11. The van der Waals surface area contributed by atoms with Gasteiger partial charge in [-0.15, -0.1) is 10.2 Å². The lowest BCUT2D eigenvalue weighted by molar-refractivity contribution is -0.384. The number of hydrogen-bond acceptors (Lipinski definition) is 9. The van der Waals surface area contributed by atoms with Gasteiger partial charge >= 0.3 is 0 Å². The average molecular weight is 451 g/mol. The number of carbonyl (C=O) groups is 2. The molecule has 12 heteroatoms. The number of nitrogens with zero attached hydrogens (tertiary/aromatic N) is 5. The number of benzene rings is 1. The minimum Gasteiger partial charge on any atom is -0.353 e. The number of anilines is 1. The predicted molar refractivity (Wildman–Crippen MR) is 115 cm³/mol. The maximum atomic E-state index is 12.6. The van der Waals surface area contributed by atoms with Gasteiger partial charge in [-0.2, -0.15) is 0 Å². The van der Waals surface area contributed by atoms with E-state index >= 15 is 0 Å². The molecule has 30 heavy (non-hydrogen) atoms. The normalized spacial score (nSPS) is 14.1. The summed E-state index contributed by atoms with van der Waals surface area (Å²) in [4.78, 5) is 38.4. The summed E-state index contributed by atoms with van der Waals surface area (Å²) in [6, 6.07) is 5.75. The summed E-state index contributed by atoms with van der Waals surface area (Å²) in [5.74, 6) is 0.115. The van der Waals surface area contributed by atoms with E-state index in [1.54, 1.807) is 4.90 Å². The number of rotatable bonds is 7. The van der Waals surface area contributed by atoms with Gasteiger partial charge in [-0.1, -0.05) is 23.1 Å². The van der Waals surface area contributed by atoms with Crippen molar-refractivity contribution in [3.63, 3.8) is 0 Å². The Bertz CT molecular complexity index is 910. The Kier molecular flexibility index (Phi) is 7.21. The number of thioether (sulfide) groups is 1. The Balaban J connectivity index is 1.50. The van der Waals surface area contributed by atoms with Gasteiger partial charge in [0.15, 0.2) is 4.34 Å². The third kappa shape index (κ3) is 5.66. The average Bonchev–Trinajstić information content (AvgIpc) is 3.20. The fourth-order valence-electron chi connectivity index (χ4n) is 2.89. The van der Waals surface area contributed by atoms with Crippen LogP contribution >= 0.6 is 23.1 Å². The molecule has 0 atom stereocenters. The van der Waals surface area contributed by atoms with Crippen molar-refractivity contribution in [3.8, 4) is 0 Å². The monoisotopic (exact) mass is 450 g/mol. The van der Waals surface area contributed by atoms with Crippen LogP contribution in [0.1, 0.15) is 24.2 Å². The number of nitro groups is 1. The van der Waals surface area contributed by atoms with Crippen molar-refractivity contribution in [3.05, 3.63) is 39.9 Å². The molecule has 1 saturated heterocycles. The van der Waals surface area contributed by atoms with Crippen molar-refractivity contribution in [1.82, 2.24) is 20.4 Å². The Hall–Kier alpha value is -2.73. The number of non-ortho nitro benzene ring substituents is 1. The van der Waals surface area contributed by atoms with E-state index in [0.29, 0.717) is 37.5 Å². The van der Waals surface area contributed by atoms with Gasteiger partial charge in [-0.05, 0) is 26.0 Å². The molecule has 2 amide bonds. The third-order valence-corrected chi connectivity index (χ3v) is 6.45. The van der Waals surface area contributed by atoms with Gasteiger partial charge in [0.1, 0.15) is 0 Å². The maximum absolute atomic E-state index is 12.6. The fraction of sp³-hybridized carbons (Fsp3) is 0.444. The Labute approximate surface area is 181 Å². The summed E-state index contributed by atoms with van der Waals surface area (Å²) in [5, 5.41) is 22.7. The zero-order valence-corrected chi connectivity index (χ0v) is 18.2. The number of nitrogens with one attached hydrogen (secondary N) is 1. The second-order valence-corrected chi connectivity index (χ2v) is 9.12. The van der Waals surface area contributed by atoms with E-state index in [4.69, 9.17) is 0 Å². The fourth-order valence-corrected chi connectivity index (χ4v) is 4.59. The van der Waals surface area contributed by atoms with Crippen molar-refractivity contribution in [2.24, 2.45) is 0 Å². The van der Waals surface area contributed by atoms with Crippen LogP contribution in [0.4, 0.5) is 10.8 Å². The number of carbonyl (C=O) groups excluding carboxylic acids is 2. The van der Waals surface area contributed by atoms with E-state index in [2.05, 4.69) is 20.4 Å². The first kappa shape index (κ1) is 22.0. The molecule has 1 N–H and O–H groups in total. The van der Waals surface area contributed by atoms with Crippen molar-refractivity contribution in [2.75, 3.05) is 36.8 Å². The van der Waals surface area contributed by atoms with Crippen LogP contribution in [0.25, 0.3) is 0 Å². The molecule has 1 aromatic heterocycles. The molecule has 1 fully saturated rings. The number of piperazine rings is 1. The zero-order valence-electron chi connectivity index (χ0n) is 16.6. The maximum Gasteiger partial charge on any atom is 0.269 e. The van der Waals surface area contributed by atoms with Crippen molar-refractivity contribution in [2.45, 2.75) is 24.2 Å². The van der Waals surface area contributed by atoms with Gasteiger partial charge in [0.05, 0.1) is 10.7 Å². The smallest absolute Gasteiger partial charge is 0.269 e. The number of amides is 2. The van der Waals surface area contributed by atoms with Gasteiger partial charge in [-0.3, -0.25) is 19.7 Å². The standard InChI is InChI=1S/C18H22N6O4S2/c1-12(2)19-15(25)11-29-18-21-20-17(30-18)23-9-7-22(8-10-23)16(26)13-3-5-14(6-4-13)24(27)28/h3-6,12H,7-11H2,1-2H3,(H,19,25). The zero-order chi connectivity index (χ0) is 21.7. The summed E-state index contributed by atoms with van der Waals surface area (Å²) in [6.07, 6.45) is 0. The van der Waals surface area contributed by atoms with Gasteiger partial charge in [0, 0.05) is 49.9 Å². The minimum absolute atomic E-state index is 0.0369. The Morgan fingerprint density at radius 2 is 1.87 bits per heavy atom. The lowest BCUT2D eigenvalue weighted by Crippen LogP contribution is -2.48. The first-order valence-corrected chi connectivity index (χ1v) is 11.2. The molecule has 160 valence electrons. The summed E-state index contributed by atoms with van der Waals surface area (Å²) >= 11 is 2.78. The van der Waals surface area contributed by atoms with E-state index in [0.717, 1.165) is 9.47 Å². The van der Waals surface area contributed by atoms with E-state index in [-0.39, 0.29) is 23.5 Å². The summed E-state index contributed by atoms with van der Waals surface area (Å²) < 4.78 is 0.730. The highest BCUT2D eigenvalue weighted by molar-refractivity contribution is 8.01. The van der Waals surface area contributed by atoms with E-state index in [1.807, 2.05) is 13.8 Å². The van der Waals surface area contributed by atoms with E-state index in [1.165, 1.54) is 47.4 Å².